The van der Waals surface area contributed by atoms with Crippen LogP contribution >= 0.6 is 0 Å². The first-order valence-electron chi connectivity index (χ1n) is 2.03. The Morgan fingerprint density at radius 1 is 1.29 bits per heavy atom. The van der Waals surface area contributed by atoms with Crippen LogP contribution in [0.25, 0.3) is 0 Å². The minimum atomic E-state index is 1.50. The molecule has 0 saturated carbocycles. The van der Waals surface area contributed by atoms with E-state index in [2.05, 4.69) is 9.66 Å². The maximum atomic E-state index is 3.74. The van der Waals surface area contributed by atoms with Crippen LogP contribution in [0.2, 0.25) is 0 Å². The monoisotopic (exact) mass is 93.0 g/mol. The van der Waals surface area contributed by atoms with Gasteiger partial charge >= 0.3 is 6.34 Å². The van der Waals surface area contributed by atoms with Crippen molar-refractivity contribution in [2.75, 3.05) is 0 Å². The largest absolute Gasteiger partial charge is 0.377 e. The highest BCUT2D eigenvalue weighted by Crippen LogP contribution is 1.63. The summed E-state index contributed by atoms with van der Waals surface area (Å²) in [4.78, 5) is 3.74. The first kappa shape index (κ1) is 4.03. The summed E-state index contributed by atoms with van der Waals surface area (Å²) in [5.41, 5.74) is 0. The van der Waals surface area contributed by atoms with Crippen molar-refractivity contribution in [2.45, 2.75) is 0 Å². The quantitative estimate of drug-likeness (QED) is 0.371. The Morgan fingerprint density at radius 3 is 3.29 bits per heavy atom. The molecule has 0 spiro atoms. The van der Waals surface area contributed by atoms with Gasteiger partial charge in [0, 0.05) is 0 Å². The zero-order valence-electron chi connectivity index (χ0n) is 3.78. The number of hydrogen-bond donors (Lipinski definition) is 0. The second kappa shape index (κ2) is 2.11. The van der Waals surface area contributed by atoms with Gasteiger partial charge in [0.15, 0.2) is 6.21 Å². The fraction of sp³-hybridized carbons (Fsp3) is 0. The maximum Gasteiger partial charge on any atom is 0.377 e. The van der Waals surface area contributed by atoms with Gasteiger partial charge in [-0.05, 0) is 17.1 Å². The molecule has 0 radical (unpaired) electrons. The van der Waals surface area contributed by atoms with Gasteiger partial charge in [-0.3, -0.25) is 0 Å². The van der Waals surface area contributed by atoms with E-state index < -0.39 is 0 Å². The van der Waals surface area contributed by atoms with E-state index in [1.807, 2.05) is 12.2 Å². The molecule has 1 aliphatic heterocycles. The molecule has 7 heavy (non-hydrogen) atoms. The zero-order valence-corrected chi connectivity index (χ0v) is 3.78. The lowest BCUT2D eigenvalue weighted by atomic mass is 10.5. The van der Waals surface area contributed by atoms with E-state index in [1.54, 1.807) is 12.4 Å². The molecule has 0 bridgehead atoms. The van der Waals surface area contributed by atoms with Crippen LogP contribution in [0.4, 0.5) is 0 Å². The van der Waals surface area contributed by atoms with Crippen LogP contribution in [-0.2, 0) is 0 Å². The van der Waals surface area contributed by atoms with Crippen LogP contribution < -0.4 is 4.67 Å². The van der Waals surface area contributed by atoms with Crippen molar-refractivity contribution in [1.82, 2.24) is 4.67 Å². The smallest absolute Gasteiger partial charge is 0.215 e. The molecule has 0 atom stereocenters. The molecule has 0 aliphatic carbocycles. The number of aliphatic imine (C=N–C) groups is 1. The lowest BCUT2D eigenvalue weighted by Crippen LogP contribution is -1.70. The van der Waals surface area contributed by atoms with Crippen LogP contribution in [0.3, 0.4) is 0 Å². The van der Waals surface area contributed by atoms with Gasteiger partial charge in [0.05, 0.1) is 0 Å². The molecule has 1 rings (SSSR count). The van der Waals surface area contributed by atoms with E-state index in [0.29, 0.717) is 0 Å². The molecule has 2 heteroatoms. The molecule has 0 N–H and O–H groups in total. The van der Waals surface area contributed by atoms with Crippen LogP contribution in [0.5, 0.6) is 0 Å². The Morgan fingerprint density at radius 2 is 2.29 bits per heavy atom. The van der Waals surface area contributed by atoms with Crippen LogP contribution in [0, 0.1) is 0 Å². The van der Waals surface area contributed by atoms with Gasteiger partial charge in [0.2, 0.25) is 0 Å². The molecule has 2 nitrogen and oxygen atoms in total. The van der Waals surface area contributed by atoms with Crippen LogP contribution in [0.15, 0.2) is 17.1 Å². The second-order valence-corrected chi connectivity index (χ2v) is 1.10. The number of rotatable bonds is 0. The van der Waals surface area contributed by atoms with Gasteiger partial charge in [0.25, 0.3) is 0 Å². The van der Waals surface area contributed by atoms with Crippen molar-refractivity contribution in [1.29, 1.82) is 0 Å². The van der Waals surface area contributed by atoms with Gasteiger partial charge in [-0.25, -0.2) is 4.67 Å². The summed E-state index contributed by atoms with van der Waals surface area (Å²) < 4.78 is 3.74. The zero-order chi connectivity index (χ0) is 4.95. The minimum absolute atomic E-state index is 1.50. The summed E-state index contributed by atoms with van der Waals surface area (Å²) in [6, 6.07) is 0. The van der Waals surface area contributed by atoms with Gasteiger partial charge < -0.3 is 0 Å². The molecular formula is C5H5N2+. The Bertz CT molecular complexity index is 143. The third-order valence-corrected chi connectivity index (χ3v) is 0.589. The molecule has 0 fully saturated rings. The van der Waals surface area contributed by atoms with Gasteiger partial charge in [0.1, 0.15) is 6.21 Å². The van der Waals surface area contributed by atoms with E-state index in [-0.39, 0.29) is 0 Å². The third-order valence-electron chi connectivity index (χ3n) is 0.589. The lowest BCUT2D eigenvalue weighted by molar-refractivity contribution is 1.66. The summed E-state index contributed by atoms with van der Waals surface area (Å²) in [6.07, 6.45) is 8.53. The van der Waals surface area contributed by atoms with Gasteiger partial charge in [-0.15, -0.1) is 0 Å². The van der Waals surface area contributed by atoms with E-state index >= 15 is 0 Å². The van der Waals surface area contributed by atoms with Crippen molar-refractivity contribution in [2.24, 2.45) is 4.99 Å². The minimum Gasteiger partial charge on any atom is -0.215 e. The fourth-order valence-electron chi connectivity index (χ4n) is 0.314. The van der Waals surface area contributed by atoms with Crippen LogP contribution in [-0.4, -0.2) is 18.8 Å². The molecule has 0 aromatic heterocycles. The van der Waals surface area contributed by atoms with Crippen molar-refractivity contribution in [3.63, 3.8) is 0 Å². The highest BCUT2D eigenvalue weighted by molar-refractivity contribution is 5.88. The first-order valence-corrected chi connectivity index (χ1v) is 2.03. The Kier molecular flexibility index (Phi) is 1.21. The van der Waals surface area contributed by atoms with E-state index in [1.165, 1.54) is 6.34 Å². The highest BCUT2D eigenvalue weighted by atomic mass is 14.8. The predicted molar refractivity (Wildman–Crippen MR) is 31.9 cm³/mol. The van der Waals surface area contributed by atoms with Crippen molar-refractivity contribution < 1.29 is 0 Å². The average molecular weight is 93.1 g/mol. The number of allylic oxidation sites excluding steroid dienone is 2. The summed E-state index contributed by atoms with van der Waals surface area (Å²) in [7, 11) is 0. The molecule has 0 saturated heterocycles. The summed E-state index contributed by atoms with van der Waals surface area (Å²) in [5, 5.41) is 0. The van der Waals surface area contributed by atoms with E-state index in [0.717, 1.165) is 0 Å². The number of hydrogen-bond acceptors (Lipinski definition) is 1. The summed E-state index contributed by atoms with van der Waals surface area (Å²) in [5.74, 6) is 0. The average Bonchev–Trinajstić information content (AvgIpc) is 1.90. The van der Waals surface area contributed by atoms with Crippen molar-refractivity contribution >= 4 is 18.8 Å². The van der Waals surface area contributed by atoms with Crippen molar-refractivity contribution in [3.8, 4) is 0 Å². The first-order chi connectivity index (χ1) is 3.50. The molecule has 0 amide bonds. The molecule has 1 heterocycles. The number of nitrogens with zero attached hydrogens (tertiary/aromatic N) is 2. The molecule has 34 valence electrons. The standard InChI is InChI=1S/C5H5N2/c1-2-4-7-5-6-3-1/h1-5H/q+1. The van der Waals surface area contributed by atoms with Crippen molar-refractivity contribution in [3.05, 3.63) is 12.2 Å². The van der Waals surface area contributed by atoms with Crippen LogP contribution in [0.1, 0.15) is 0 Å². The normalized spacial score (nSPS) is 14.9. The van der Waals surface area contributed by atoms with E-state index in [4.69, 9.17) is 0 Å². The lowest BCUT2D eigenvalue weighted by Gasteiger charge is -1.50. The highest BCUT2D eigenvalue weighted by Gasteiger charge is 1.76. The van der Waals surface area contributed by atoms with Gasteiger partial charge in [-0.2, -0.15) is 0 Å². The fourth-order valence-corrected chi connectivity index (χ4v) is 0.314. The summed E-state index contributed by atoms with van der Waals surface area (Å²) in [6.45, 7) is 0. The Hall–Kier alpha value is -1.14. The summed E-state index contributed by atoms with van der Waals surface area (Å²) >= 11 is 0. The van der Waals surface area contributed by atoms with E-state index in [9.17, 15) is 0 Å². The Balaban J connectivity index is 2.86. The SMILES string of the molecule is C1=CC=[N+]=CN=C1. The Labute approximate surface area is 41.6 Å². The molecule has 0 aromatic rings. The third kappa shape index (κ3) is 1.16. The maximum absolute atomic E-state index is 3.74. The molecule has 1 aliphatic rings. The second-order valence-electron chi connectivity index (χ2n) is 1.10. The van der Waals surface area contributed by atoms with Gasteiger partial charge in [-0.1, -0.05) is 0 Å². The molecular weight excluding hydrogens is 88.1 g/mol. The predicted octanol–water partition coefficient (Wildman–Crippen LogP) is -0.207. The topological polar surface area (TPSA) is 26.5 Å². The molecule has 0 aromatic carbocycles. The molecule has 0 unspecified atom stereocenters.